The minimum atomic E-state index is -0.459. The van der Waals surface area contributed by atoms with Crippen LogP contribution in [0.5, 0.6) is 5.75 Å². The van der Waals surface area contributed by atoms with Crippen molar-refractivity contribution in [3.63, 3.8) is 0 Å². The molecule has 0 aliphatic rings. The van der Waals surface area contributed by atoms with E-state index >= 15 is 0 Å². The van der Waals surface area contributed by atoms with Crippen molar-refractivity contribution in [1.29, 1.82) is 0 Å². The second-order valence-electron chi connectivity index (χ2n) is 3.59. The second kappa shape index (κ2) is 5.20. The Morgan fingerprint density at radius 1 is 1.33 bits per heavy atom. The number of aryl methyl sites for hydroxylation is 1. The Bertz CT molecular complexity index is 607. The molecule has 0 amide bonds. The van der Waals surface area contributed by atoms with Crippen molar-refractivity contribution in [3.8, 4) is 17.0 Å². The predicted octanol–water partition coefficient (Wildman–Crippen LogP) is 4.02. The van der Waals surface area contributed by atoms with Crippen LogP contribution in [0, 0.1) is 12.7 Å². The van der Waals surface area contributed by atoms with Crippen LogP contribution in [0.2, 0.25) is 5.02 Å². The topological polar surface area (TPSA) is 35.0 Å². The molecule has 1 aromatic carbocycles. The lowest BCUT2D eigenvalue weighted by atomic mass is 10.1. The van der Waals surface area contributed by atoms with Gasteiger partial charge in [0.1, 0.15) is 17.9 Å². The summed E-state index contributed by atoms with van der Waals surface area (Å²) in [5.74, 6) is -0.0594. The standard InChI is InChI=1S/C12H9BrClFN2O/c1-6-11(13)12(17-5-16-6)7-3-10(18-2)8(14)4-9(7)15/h3-5H,1-2H3. The molecule has 3 nitrogen and oxygen atoms in total. The van der Waals surface area contributed by atoms with E-state index in [2.05, 4.69) is 25.9 Å². The van der Waals surface area contributed by atoms with Gasteiger partial charge in [0.05, 0.1) is 28.0 Å². The lowest BCUT2D eigenvalue weighted by Gasteiger charge is -2.09. The maximum Gasteiger partial charge on any atom is 0.138 e. The summed E-state index contributed by atoms with van der Waals surface area (Å²) < 4.78 is 19.7. The van der Waals surface area contributed by atoms with Gasteiger partial charge in [-0.15, -0.1) is 0 Å². The lowest BCUT2D eigenvalue weighted by molar-refractivity contribution is 0.414. The van der Waals surface area contributed by atoms with E-state index in [-0.39, 0.29) is 5.02 Å². The van der Waals surface area contributed by atoms with Gasteiger partial charge in [-0.2, -0.15) is 0 Å². The number of methoxy groups -OCH3 is 1. The summed E-state index contributed by atoms with van der Waals surface area (Å²) in [6, 6.07) is 2.73. The zero-order valence-electron chi connectivity index (χ0n) is 9.67. The number of hydrogen-bond acceptors (Lipinski definition) is 3. The molecule has 0 fully saturated rings. The first-order chi connectivity index (χ1) is 8.54. The van der Waals surface area contributed by atoms with Gasteiger partial charge in [0.15, 0.2) is 0 Å². The van der Waals surface area contributed by atoms with Gasteiger partial charge < -0.3 is 4.74 Å². The molecule has 0 aliphatic heterocycles. The molecule has 0 N–H and O–H groups in total. The van der Waals surface area contributed by atoms with Crippen LogP contribution < -0.4 is 4.74 Å². The Labute approximate surface area is 117 Å². The third-order valence-electron chi connectivity index (χ3n) is 2.46. The molecule has 0 spiro atoms. The first kappa shape index (κ1) is 13.2. The highest BCUT2D eigenvalue weighted by atomic mass is 79.9. The summed E-state index contributed by atoms with van der Waals surface area (Å²) in [5.41, 5.74) is 1.51. The number of ether oxygens (including phenoxy) is 1. The molecule has 94 valence electrons. The lowest BCUT2D eigenvalue weighted by Crippen LogP contribution is -1.95. The Hall–Kier alpha value is -1.20. The van der Waals surface area contributed by atoms with Crippen molar-refractivity contribution in [2.75, 3.05) is 7.11 Å². The van der Waals surface area contributed by atoms with Gasteiger partial charge in [-0.25, -0.2) is 14.4 Å². The van der Waals surface area contributed by atoms with Gasteiger partial charge in [0.2, 0.25) is 0 Å². The van der Waals surface area contributed by atoms with Crippen molar-refractivity contribution in [2.24, 2.45) is 0 Å². The van der Waals surface area contributed by atoms with E-state index in [4.69, 9.17) is 16.3 Å². The van der Waals surface area contributed by atoms with Crippen LogP contribution in [0.25, 0.3) is 11.3 Å². The summed E-state index contributed by atoms with van der Waals surface area (Å²) >= 11 is 9.20. The first-order valence-corrected chi connectivity index (χ1v) is 6.22. The fraction of sp³-hybridized carbons (Fsp3) is 0.167. The normalized spacial score (nSPS) is 10.5. The molecule has 18 heavy (non-hydrogen) atoms. The van der Waals surface area contributed by atoms with E-state index in [1.165, 1.54) is 25.6 Å². The van der Waals surface area contributed by atoms with Crippen molar-refractivity contribution < 1.29 is 9.13 Å². The minimum absolute atomic E-state index is 0.223. The molecule has 1 aromatic heterocycles. The Morgan fingerprint density at radius 3 is 2.72 bits per heavy atom. The maximum absolute atomic E-state index is 13.9. The van der Waals surface area contributed by atoms with Crippen molar-refractivity contribution in [2.45, 2.75) is 6.92 Å². The first-order valence-electron chi connectivity index (χ1n) is 5.05. The molecular weight excluding hydrogens is 322 g/mol. The smallest absolute Gasteiger partial charge is 0.138 e. The van der Waals surface area contributed by atoms with E-state index in [1.807, 2.05) is 0 Å². The average Bonchev–Trinajstić information content (AvgIpc) is 2.34. The molecule has 2 rings (SSSR count). The summed E-state index contributed by atoms with van der Waals surface area (Å²) in [5, 5.41) is 0.223. The van der Waals surface area contributed by atoms with Crippen LogP contribution >= 0.6 is 27.5 Å². The van der Waals surface area contributed by atoms with Crippen molar-refractivity contribution in [3.05, 3.63) is 39.5 Å². The molecule has 0 saturated heterocycles. The van der Waals surface area contributed by atoms with Gasteiger partial charge >= 0.3 is 0 Å². The summed E-state index contributed by atoms with van der Waals surface area (Å²) in [6.07, 6.45) is 1.38. The third-order valence-corrected chi connectivity index (χ3v) is 3.71. The Morgan fingerprint density at radius 2 is 2.06 bits per heavy atom. The second-order valence-corrected chi connectivity index (χ2v) is 4.79. The van der Waals surface area contributed by atoms with Crippen LogP contribution in [0.1, 0.15) is 5.69 Å². The highest BCUT2D eigenvalue weighted by Crippen LogP contribution is 2.35. The number of rotatable bonds is 2. The van der Waals surface area contributed by atoms with Gasteiger partial charge in [-0.1, -0.05) is 11.6 Å². The molecule has 1 heterocycles. The SMILES string of the molecule is COc1cc(-c2ncnc(C)c2Br)c(F)cc1Cl. The summed E-state index contributed by atoms with van der Waals surface area (Å²) in [7, 11) is 1.48. The molecule has 0 saturated carbocycles. The number of benzene rings is 1. The van der Waals surface area contributed by atoms with E-state index in [9.17, 15) is 4.39 Å². The zero-order valence-corrected chi connectivity index (χ0v) is 12.0. The fourth-order valence-electron chi connectivity index (χ4n) is 1.51. The molecule has 0 unspecified atom stereocenters. The quantitative estimate of drug-likeness (QED) is 0.834. The van der Waals surface area contributed by atoms with E-state index in [0.717, 1.165) is 5.69 Å². The van der Waals surface area contributed by atoms with Gasteiger partial charge in [0.25, 0.3) is 0 Å². The van der Waals surface area contributed by atoms with E-state index in [1.54, 1.807) is 6.92 Å². The van der Waals surface area contributed by atoms with E-state index < -0.39 is 5.82 Å². The highest BCUT2D eigenvalue weighted by Gasteiger charge is 2.15. The largest absolute Gasteiger partial charge is 0.495 e. The number of nitrogens with zero attached hydrogens (tertiary/aromatic N) is 2. The molecule has 0 bridgehead atoms. The van der Waals surface area contributed by atoms with Crippen molar-refractivity contribution in [1.82, 2.24) is 9.97 Å². The summed E-state index contributed by atoms with van der Waals surface area (Å²) in [6.45, 7) is 1.81. The van der Waals surface area contributed by atoms with Crippen molar-refractivity contribution >= 4 is 27.5 Å². The van der Waals surface area contributed by atoms with Crippen LogP contribution in [0.15, 0.2) is 22.9 Å². The summed E-state index contributed by atoms with van der Waals surface area (Å²) in [4.78, 5) is 8.10. The minimum Gasteiger partial charge on any atom is -0.495 e. The van der Waals surface area contributed by atoms with Crippen LogP contribution in [-0.2, 0) is 0 Å². The molecular formula is C12H9BrClFN2O. The van der Waals surface area contributed by atoms with Crippen LogP contribution in [0.4, 0.5) is 4.39 Å². The highest BCUT2D eigenvalue weighted by molar-refractivity contribution is 9.10. The number of halogens is 3. The number of aromatic nitrogens is 2. The number of hydrogen-bond donors (Lipinski definition) is 0. The molecule has 2 aromatic rings. The van der Waals surface area contributed by atoms with E-state index in [0.29, 0.717) is 21.5 Å². The Balaban J connectivity index is 2.67. The van der Waals surface area contributed by atoms with Crippen LogP contribution in [-0.4, -0.2) is 17.1 Å². The molecule has 6 heteroatoms. The third kappa shape index (κ3) is 2.33. The monoisotopic (exact) mass is 330 g/mol. The molecule has 0 radical (unpaired) electrons. The molecule has 0 aliphatic carbocycles. The van der Waals surface area contributed by atoms with Crippen LogP contribution in [0.3, 0.4) is 0 Å². The van der Waals surface area contributed by atoms with Gasteiger partial charge in [0, 0.05) is 5.56 Å². The molecule has 0 atom stereocenters. The van der Waals surface area contributed by atoms with Gasteiger partial charge in [-0.05, 0) is 35.0 Å². The fourth-order valence-corrected chi connectivity index (χ4v) is 2.16. The maximum atomic E-state index is 13.9. The predicted molar refractivity (Wildman–Crippen MR) is 71.4 cm³/mol. The average molecular weight is 332 g/mol. The van der Waals surface area contributed by atoms with Gasteiger partial charge in [-0.3, -0.25) is 0 Å². The zero-order chi connectivity index (χ0) is 13.3. The Kier molecular flexibility index (Phi) is 3.82.